The molecule has 0 amide bonds. The molecule has 0 aliphatic carbocycles. The van der Waals surface area contributed by atoms with Crippen LogP contribution in [0.25, 0.3) is 11.3 Å². The summed E-state index contributed by atoms with van der Waals surface area (Å²) in [7, 11) is -2.12. The third kappa shape index (κ3) is 3.35. The van der Waals surface area contributed by atoms with E-state index in [1.165, 1.54) is 18.4 Å². The zero-order valence-corrected chi connectivity index (χ0v) is 14.9. The Morgan fingerprint density at radius 1 is 1.17 bits per heavy atom. The molecule has 1 saturated heterocycles. The number of piperidine rings is 1. The van der Waals surface area contributed by atoms with Gasteiger partial charge in [-0.1, -0.05) is 18.6 Å². The van der Waals surface area contributed by atoms with Gasteiger partial charge in [0.05, 0.1) is 17.7 Å². The van der Waals surface area contributed by atoms with Crippen LogP contribution in [-0.4, -0.2) is 43.9 Å². The molecule has 1 aromatic heterocycles. The number of ether oxygens (including phenoxy) is 1. The van der Waals surface area contributed by atoms with Gasteiger partial charge in [0.15, 0.2) is 0 Å². The van der Waals surface area contributed by atoms with Gasteiger partial charge in [-0.2, -0.15) is 4.31 Å². The lowest BCUT2D eigenvalue weighted by Gasteiger charge is -2.25. The summed E-state index contributed by atoms with van der Waals surface area (Å²) in [5.74, 6) is -0.476. The molecule has 0 radical (unpaired) electrons. The molecule has 1 aliphatic heterocycles. The average Bonchev–Trinajstić information content (AvgIpc) is 3.12. The number of benzene rings is 1. The normalized spacial score (nSPS) is 16.0. The van der Waals surface area contributed by atoms with Gasteiger partial charge in [0.25, 0.3) is 0 Å². The van der Waals surface area contributed by atoms with E-state index in [9.17, 15) is 13.2 Å². The molecule has 0 bridgehead atoms. The first-order valence-corrected chi connectivity index (χ1v) is 9.99. The van der Waals surface area contributed by atoms with Crippen molar-refractivity contribution in [2.75, 3.05) is 20.2 Å². The standard InChI is InChI=1S/C16H18N2O4S2/c1-22-16(19)15-17-14(11-23-15)12-5-7-13(8-6-12)24(20,21)18-9-3-2-4-10-18/h5-8,11H,2-4,9-10H2,1H3. The Labute approximate surface area is 145 Å². The molecule has 1 aromatic carbocycles. The number of hydrogen-bond acceptors (Lipinski definition) is 6. The van der Waals surface area contributed by atoms with E-state index in [0.29, 0.717) is 18.8 Å². The minimum Gasteiger partial charge on any atom is -0.464 e. The first kappa shape index (κ1) is 17.1. The first-order valence-electron chi connectivity index (χ1n) is 7.67. The molecule has 2 aromatic rings. The van der Waals surface area contributed by atoms with Crippen LogP contribution in [0.4, 0.5) is 0 Å². The molecule has 2 heterocycles. The summed E-state index contributed by atoms with van der Waals surface area (Å²) in [6.45, 7) is 1.16. The molecule has 0 spiro atoms. The number of aromatic nitrogens is 1. The topological polar surface area (TPSA) is 76.6 Å². The van der Waals surface area contributed by atoms with Gasteiger partial charge in [-0.3, -0.25) is 0 Å². The summed E-state index contributed by atoms with van der Waals surface area (Å²) in [5, 5.41) is 2.03. The zero-order chi connectivity index (χ0) is 17.2. The highest BCUT2D eigenvalue weighted by atomic mass is 32.2. The first-order chi connectivity index (χ1) is 11.5. The third-order valence-electron chi connectivity index (χ3n) is 3.97. The van der Waals surface area contributed by atoms with Crippen LogP contribution in [0.5, 0.6) is 0 Å². The lowest BCUT2D eigenvalue weighted by Crippen LogP contribution is -2.35. The van der Waals surface area contributed by atoms with E-state index < -0.39 is 16.0 Å². The fourth-order valence-electron chi connectivity index (χ4n) is 2.64. The molecular formula is C16H18N2O4S2. The van der Waals surface area contributed by atoms with Crippen LogP contribution in [0.15, 0.2) is 34.5 Å². The van der Waals surface area contributed by atoms with Crippen LogP contribution in [0.2, 0.25) is 0 Å². The number of carbonyl (C=O) groups excluding carboxylic acids is 1. The lowest BCUT2D eigenvalue weighted by molar-refractivity contribution is 0.0600. The number of esters is 1. The molecule has 0 atom stereocenters. The number of sulfonamides is 1. The van der Waals surface area contributed by atoms with E-state index in [2.05, 4.69) is 9.72 Å². The second-order valence-corrected chi connectivity index (χ2v) is 8.31. The number of carbonyl (C=O) groups is 1. The largest absolute Gasteiger partial charge is 0.464 e. The molecule has 3 rings (SSSR count). The van der Waals surface area contributed by atoms with E-state index in [4.69, 9.17) is 0 Å². The highest BCUT2D eigenvalue weighted by Crippen LogP contribution is 2.26. The second-order valence-electron chi connectivity index (χ2n) is 5.52. The number of nitrogens with zero attached hydrogens (tertiary/aromatic N) is 2. The molecule has 0 unspecified atom stereocenters. The van der Waals surface area contributed by atoms with E-state index in [1.807, 2.05) is 0 Å². The minimum absolute atomic E-state index is 0.275. The fourth-order valence-corrected chi connectivity index (χ4v) is 4.90. The molecule has 1 aliphatic rings. The predicted octanol–water partition coefficient (Wildman–Crippen LogP) is 2.77. The summed E-state index contributed by atoms with van der Waals surface area (Å²) in [5.41, 5.74) is 1.39. The monoisotopic (exact) mass is 366 g/mol. The Morgan fingerprint density at radius 2 is 1.83 bits per heavy atom. The van der Waals surface area contributed by atoms with Crippen LogP contribution < -0.4 is 0 Å². The minimum atomic E-state index is -3.43. The SMILES string of the molecule is COC(=O)c1nc(-c2ccc(S(=O)(=O)N3CCCCC3)cc2)cs1. The van der Waals surface area contributed by atoms with Crippen LogP contribution in [-0.2, 0) is 14.8 Å². The van der Waals surface area contributed by atoms with E-state index >= 15 is 0 Å². The Morgan fingerprint density at radius 3 is 2.46 bits per heavy atom. The van der Waals surface area contributed by atoms with Gasteiger partial charge in [0.1, 0.15) is 0 Å². The smallest absolute Gasteiger partial charge is 0.367 e. The number of methoxy groups -OCH3 is 1. The second kappa shape index (κ2) is 7.00. The van der Waals surface area contributed by atoms with Crippen molar-refractivity contribution in [2.24, 2.45) is 0 Å². The molecule has 24 heavy (non-hydrogen) atoms. The van der Waals surface area contributed by atoms with Crippen LogP contribution in [0.1, 0.15) is 29.1 Å². The predicted molar refractivity (Wildman–Crippen MR) is 91.5 cm³/mol. The quantitative estimate of drug-likeness (QED) is 0.778. The maximum Gasteiger partial charge on any atom is 0.367 e. The maximum absolute atomic E-state index is 12.6. The van der Waals surface area contributed by atoms with Crippen molar-refractivity contribution in [1.29, 1.82) is 0 Å². The van der Waals surface area contributed by atoms with Crippen LogP contribution in [0.3, 0.4) is 0 Å². The van der Waals surface area contributed by atoms with Crippen LogP contribution >= 0.6 is 11.3 Å². The Hall–Kier alpha value is -1.77. The molecular weight excluding hydrogens is 348 g/mol. The summed E-state index contributed by atoms with van der Waals surface area (Å²) in [4.78, 5) is 16.0. The molecule has 0 saturated carbocycles. The van der Waals surface area contributed by atoms with E-state index in [-0.39, 0.29) is 9.90 Å². The van der Waals surface area contributed by atoms with Gasteiger partial charge in [-0.05, 0) is 25.0 Å². The Bertz CT molecular complexity index is 822. The molecule has 128 valence electrons. The van der Waals surface area contributed by atoms with E-state index in [1.54, 1.807) is 34.0 Å². The molecule has 6 nitrogen and oxygen atoms in total. The molecule has 8 heteroatoms. The summed E-state index contributed by atoms with van der Waals surface area (Å²) in [6, 6.07) is 6.62. The highest BCUT2D eigenvalue weighted by molar-refractivity contribution is 7.89. The molecule has 0 N–H and O–H groups in total. The van der Waals surface area contributed by atoms with Crippen molar-refractivity contribution in [3.8, 4) is 11.3 Å². The summed E-state index contributed by atoms with van der Waals surface area (Å²) in [6.07, 6.45) is 2.90. The number of hydrogen-bond donors (Lipinski definition) is 0. The third-order valence-corrected chi connectivity index (χ3v) is 6.70. The van der Waals surface area contributed by atoms with Gasteiger partial charge < -0.3 is 4.74 Å². The van der Waals surface area contributed by atoms with Gasteiger partial charge >= 0.3 is 5.97 Å². The number of rotatable bonds is 4. The van der Waals surface area contributed by atoms with Crippen molar-refractivity contribution in [2.45, 2.75) is 24.2 Å². The van der Waals surface area contributed by atoms with E-state index in [0.717, 1.165) is 24.8 Å². The maximum atomic E-state index is 12.6. The van der Waals surface area contributed by atoms with Crippen molar-refractivity contribution in [3.63, 3.8) is 0 Å². The van der Waals surface area contributed by atoms with Crippen molar-refractivity contribution >= 4 is 27.3 Å². The average molecular weight is 366 g/mol. The Balaban J connectivity index is 1.82. The van der Waals surface area contributed by atoms with Gasteiger partial charge in [-0.15, -0.1) is 11.3 Å². The molecule has 1 fully saturated rings. The van der Waals surface area contributed by atoms with Crippen molar-refractivity contribution < 1.29 is 17.9 Å². The summed E-state index contributed by atoms with van der Waals surface area (Å²) >= 11 is 1.20. The fraction of sp³-hybridized carbons (Fsp3) is 0.375. The van der Waals surface area contributed by atoms with Crippen molar-refractivity contribution in [1.82, 2.24) is 9.29 Å². The van der Waals surface area contributed by atoms with Gasteiger partial charge in [0, 0.05) is 24.0 Å². The lowest BCUT2D eigenvalue weighted by atomic mass is 10.2. The zero-order valence-electron chi connectivity index (χ0n) is 13.3. The van der Waals surface area contributed by atoms with Gasteiger partial charge in [-0.25, -0.2) is 18.2 Å². The number of thiazole rings is 1. The Kier molecular flexibility index (Phi) is 4.98. The highest BCUT2D eigenvalue weighted by Gasteiger charge is 2.25. The van der Waals surface area contributed by atoms with Crippen molar-refractivity contribution in [3.05, 3.63) is 34.7 Å². The summed E-state index contributed by atoms with van der Waals surface area (Å²) < 4.78 is 31.4. The van der Waals surface area contributed by atoms with Gasteiger partial charge in [0.2, 0.25) is 15.0 Å². The van der Waals surface area contributed by atoms with Crippen LogP contribution in [0, 0.1) is 0 Å².